The largest absolute Gasteiger partial charge is 0.482 e. The van der Waals surface area contributed by atoms with Crippen LogP contribution >= 0.6 is 0 Å². The van der Waals surface area contributed by atoms with Gasteiger partial charge in [0.2, 0.25) is 0 Å². The summed E-state index contributed by atoms with van der Waals surface area (Å²) < 4.78 is 29.5. The van der Waals surface area contributed by atoms with Gasteiger partial charge in [0.1, 0.15) is 6.61 Å². The molecule has 1 aliphatic rings. The van der Waals surface area contributed by atoms with Gasteiger partial charge >= 0.3 is 0 Å². The molecule has 134 valence electrons. The second-order valence-electron chi connectivity index (χ2n) is 6.38. The van der Waals surface area contributed by atoms with Gasteiger partial charge in [0, 0.05) is 26.3 Å². The van der Waals surface area contributed by atoms with E-state index in [0.29, 0.717) is 18.8 Å². The molecule has 2 heterocycles. The number of halogens is 1. The molecule has 1 amide bonds. The Morgan fingerprint density at radius 1 is 1.44 bits per heavy atom. The normalized spacial score (nSPS) is 20.5. The zero-order valence-electron chi connectivity index (χ0n) is 14.3. The minimum Gasteiger partial charge on any atom is -0.482 e. The number of para-hydroxylation sites is 1. The number of ether oxygens (including phenoxy) is 2. The molecule has 0 bridgehead atoms. The van der Waals surface area contributed by atoms with Gasteiger partial charge in [-0.25, -0.2) is 4.39 Å². The fraction of sp³-hybridized carbons (Fsp3) is 0.444. The summed E-state index contributed by atoms with van der Waals surface area (Å²) in [6.45, 7) is 3.15. The van der Waals surface area contributed by atoms with Crippen molar-refractivity contribution in [2.45, 2.75) is 32.0 Å². The van der Waals surface area contributed by atoms with Crippen molar-refractivity contribution >= 4 is 5.91 Å². The summed E-state index contributed by atoms with van der Waals surface area (Å²) in [5, 5.41) is 3.82. The van der Waals surface area contributed by atoms with Gasteiger partial charge in [-0.05, 0) is 31.9 Å². The topological polar surface area (TPSA) is 64.8 Å². The monoisotopic (exact) mass is 348 g/mol. The minimum absolute atomic E-state index is 0.00298. The summed E-state index contributed by atoms with van der Waals surface area (Å²) in [6, 6.07) is 7.63. The van der Waals surface area contributed by atoms with E-state index in [0.717, 1.165) is 12.8 Å². The molecule has 0 aliphatic carbocycles. The first-order valence-corrected chi connectivity index (χ1v) is 8.18. The second kappa shape index (κ2) is 7.23. The molecule has 0 radical (unpaired) electrons. The van der Waals surface area contributed by atoms with E-state index >= 15 is 0 Å². The van der Waals surface area contributed by atoms with Crippen LogP contribution in [0, 0.1) is 5.82 Å². The van der Waals surface area contributed by atoms with Gasteiger partial charge in [0.05, 0.1) is 5.60 Å². The molecule has 1 atom stereocenters. The first-order valence-electron chi connectivity index (χ1n) is 8.18. The lowest BCUT2D eigenvalue weighted by Crippen LogP contribution is -2.49. The molecule has 0 N–H and O–H groups in total. The maximum Gasteiger partial charge on any atom is 0.276 e. The lowest BCUT2D eigenvalue weighted by atomic mass is 9.94. The maximum atomic E-state index is 13.5. The van der Waals surface area contributed by atoms with Crippen LogP contribution in [0.15, 0.2) is 34.9 Å². The van der Waals surface area contributed by atoms with Crippen LogP contribution in [0.1, 0.15) is 36.0 Å². The van der Waals surface area contributed by atoms with Crippen LogP contribution in [0.5, 0.6) is 5.75 Å². The third kappa shape index (κ3) is 3.99. The SMILES string of the molecule is COC1(C)CCCN(C(=O)c2cc(COc3ccccc3F)on2)C1. The highest BCUT2D eigenvalue weighted by Crippen LogP contribution is 2.25. The Labute approximate surface area is 145 Å². The Kier molecular flexibility index (Phi) is 5.03. The zero-order chi connectivity index (χ0) is 17.9. The molecular weight excluding hydrogens is 327 g/mol. The standard InChI is InChI=1S/C18H21FN2O4/c1-18(23-2)8-5-9-21(12-18)17(22)15-10-13(25-20-15)11-24-16-7-4-3-6-14(16)19/h3-4,6-7,10H,5,8-9,11-12H2,1-2H3. The number of hydrogen-bond acceptors (Lipinski definition) is 5. The van der Waals surface area contributed by atoms with Gasteiger partial charge in [-0.3, -0.25) is 4.79 Å². The van der Waals surface area contributed by atoms with Crippen LogP contribution in [-0.4, -0.2) is 41.8 Å². The van der Waals surface area contributed by atoms with E-state index < -0.39 is 5.82 Å². The van der Waals surface area contributed by atoms with Crippen LogP contribution in [0.3, 0.4) is 0 Å². The molecule has 1 aromatic carbocycles. The number of piperidine rings is 1. The molecule has 2 aromatic rings. The van der Waals surface area contributed by atoms with E-state index in [2.05, 4.69) is 5.16 Å². The number of nitrogens with zero attached hydrogens (tertiary/aromatic N) is 2. The van der Waals surface area contributed by atoms with Crippen LogP contribution in [0.2, 0.25) is 0 Å². The van der Waals surface area contributed by atoms with E-state index in [1.807, 2.05) is 6.92 Å². The summed E-state index contributed by atoms with van der Waals surface area (Å²) in [6.07, 6.45) is 1.78. The predicted octanol–water partition coefficient (Wildman–Crippen LogP) is 3.03. The molecule has 1 unspecified atom stereocenters. The Morgan fingerprint density at radius 2 is 2.24 bits per heavy atom. The third-order valence-electron chi connectivity index (χ3n) is 4.42. The van der Waals surface area contributed by atoms with E-state index in [1.54, 1.807) is 24.1 Å². The molecule has 25 heavy (non-hydrogen) atoms. The lowest BCUT2D eigenvalue weighted by molar-refractivity contribution is -0.0441. The summed E-state index contributed by atoms with van der Waals surface area (Å²) >= 11 is 0. The Bertz CT molecular complexity index is 748. The third-order valence-corrected chi connectivity index (χ3v) is 4.42. The molecule has 1 aromatic heterocycles. The van der Waals surface area contributed by atoms with Crippen LogP contribution in [-0.2, 0) is 11.3 Å². The highest BCUT2D eigenvalue weighted by atomic mass is 19.1. The average molecular weight is 348 g/mol. The lowest BCUT2D eigenvalue weighted by Gasteiger charge is -2.39. The molecule has 0 saturated carbocycles. The molecule has 6 nitrogen and oxygen atoms in total. The van der Waals surface area contributed by atoms with Gasteiger partial charge in [0.25, 0.3) is 5.91 Å². The van der Waals surface area contributed by atoms with Crippen LogP contribution < -0.4 is 4.74 Å². The first kappa shape index (κ1) is 17.4. The number of carbonyl (C=O) groups is 1. The number of likely N-dealkylation sites (tertiary alicyclic amines) is 1. The fourth-order valence-corrected chi connectivity index (χ4v) is 2.90. The summed E-state index contributed by atoms with van der Waals surface area (Å²) in [4.78, 5) is 14.3. The fourth-order valence-electron chi connectivity index (χ4n) is 2.90. The molecule has 7 heteroatoms. The maximum absolute atomic E-state index is 13.5. The second-order valence-corrected chi connectivity index (χ2v) is 6.38. The van der Waals surface area contributed by atoms with Crippen molar-refractivity contribution in [3.05, 3.63) is 47.6 Å². The first-order chi connectivity index (χ1) is 12.0. The van der Waals surface area contributed by atoms with Crippen molar-refractivity contribution in [2.24, 2.45) is 0 Å². The van der Waals surface area contributed by atoms with E-state index in [4.69, 9.17) is 14.0 Å². The van der Waals surface area contributed by atoms with Crippen molar-refractivity contribution < 1.29 is 23.2 Å². The molecule has 0 spiro atoms. The number of rotatable bonds is 5. The van der Waals surface area contributed by atoms with Gasteiger partial charge in [-0.2, -0.15) is 0 Å². The molecule has 1 saturated heterocycles. The van der Waals surface area contributed by atoms with Crippen molar-refractivity contribution in [1.82, 2.24) is 10.1 Å². The van der Waals surface area contributed by atoms with Crippen LogP contribution in [0.4, 0.5) is 4.39 Å². The summed E-state index contributed by atoms with van der Waals surface area (Å²) in [5.74, 6) is -0.175. The quantitative estimate of drug-likeness (QED) is 0.831. The van der Waals surface area contributed by atoms with Gasteiger partial charge in [-0.15, -0.1) is 0 Å². The van der Waals surface area contributed by atoms with Gasteiger partial charge in [-0.1, -0.05) is 17.3 Å². The Hall–Kier alpha value is -2.41. The number of amides is 1. The molecule has 1 aliphatic heterocycles. The number of methoxy groups -OCH3 is 1. The van der Waals surface area contributed by atoms with Gasteiger partial charge in [0.15, 0.2) is 23.0 Å². The van der Waals surface area contributed by atoms with Crippen molar-refractivity contribution in [3.8, 4) is 5.75 Å². The minimum atomic E-state index is -0.453. The highest BCUT2D eigenvalue weighted by Gasteiger charge is 2.34. The Balaban J connectivity index is 1.63. The van der Waals surface area contributed by atoms with E-state index in [-0.39, 0.29) is 29.6 Å². The Morgan fingerprint density at radius 3 is 3.00 bits per heavy atom. The number of carbonyl (C=O) groups excluding carboxylic acids is 1. The summed E-state index contributed by atoms with van der Waals surface area (Å²) in [5.41, 5.74) is -0.124. The molecular formula is C18H21FN2O4. The summed E-state index contributed by atoms with van der Waals surface area (Å²) in [7, 11) is 1.65. The van der Waals surface area contributed by atoms with Crippen molar-refractivity contribution in [1.29, 1.82) is 0 Å². The number of benzene rings is 1. The molecule has 1 fully saturated rings. The highest BCUT2D eigenvalue weighted by molar-refractivity contribution is 5.92. The predicted molar refractivity (Wildman–Crippen MR) is 87.8 cm³/mol. The van der Waals surface area contributed by atoms with Crippen molar-refractivity contribution in [2.75, 3.05) is 20.2 Å². The van der Waals surface area contributed by atoms with E-state index in [9.17, 15) is 9.18 Å². The van der Waals surface area contributed by atoms with Gasteiger partial charge < -0.3 is 18.9 Å². The average Bonchev–Trinajstić information content (AvgIpc) is 3.09. The zero-order valence-corrected chi connectivity index (χ0v) is 14.3. The number of hydrogen-bond donors (Lipinski definition) is 0. The number of aromatic nitrogens is 1. The van der Waals surface area contributed by atoms with Crippen molar-refractivity contribution in [3.63, 3.8) is 0 Å². The van der Waals surface area contributed by atoms with E-state index in [1.165, 1.54) is 18.2 Å². The van der Waals surface area contributed by atoms with Crippen LogP contribution in [0.25, 0.3) is 0 Å². The molecule has 3 rings (SSSR count). The smallest absolute Gasteiger partial charge is 0.276 e.